The van der Waals surface area contributed by atoms with Crippen molar-refractivity contribution >= 4 is 17.8 Å². The van der Waals surface area contributed by atoms with Crippen LogP contribution in [0.3, 0.4) is 0 Å². The van der Waals surface area contributed by atoms with Gasteiger partial charge in [0.2, 0.25) is 0 Å². The van der Waals surface area contributed by atoms with Gasteiger partial charge in [-0.15, -0.1) is 0 Å². The molecule has 0 saturated carbocycles. The van der Waals surface area contributed by atoms with Gasteiger partial charge in [0.15, 0.2) is 24.4 Å². The average molecular weight is 487 g/mol. The van der Waals surface area contributed by atoms with Crippen molar-refractivity contribution in [2.24, 2.45) is 0 Å². The lowest BCUT2D eigenvalue weighted by atomic mass is 9.87. The molecule has 8 nitrogen and oxygen atoms in total. The number of rotatable bonds is 6. The molecule has 3 aromatic rings. The second-order valence-electron chi connectivity index (χ2n) is 9.16. The van der Waals surface area contributed by atoms with Crippen LogP contribution in [0.25, 0.3) is 0 Å². The fourth-order valence-electron chi connectivity index (χ4n) is 4.65. The molecule has 2 aliphatic rings. The molecule has 4 atom stereocenters. The highest BCUT2D eigenvalue weighted by Crippen LogP contribution is 2.37. The van der Waals surface area contributed by atoms with E-state index in [1.54, 1.807) is 30.3 Å². The zero-order valence-corrected chi connectivity index (χ0v) is 19.6. The number of carbonyl (C=O) groups is 3. The summed E-state index contributed by atoms with van der Waals surface area (Å²) in [4.78, 5) is 40.4. The Morgan fingerprint density at radius 3 is 2.06 bits per heavy atom. The van der Waals surface area contributed by atoms with Gasteiger partial charge in [0, 0.05) is 5.56 Å². The van der Waals surface area contributed by atoms with Crippen LogP contribution in [0.5, 0.6) is 0 Å². The van der Waals surface area contributed by atoms with Crippen molar-refractivity contribution in [1.29, 1.82) is 0 Å². The van der Waals surface area contributed by atoms with E-state index >= 15 is 0 Å². The molecule has 2 amide bonds. The van der Waals surface area contributed by atoms with Gasteiger partial charge in [-0.2, -0.15) is 0 Å². The average Bonchev–Trinajstić information content (AvgIpc) is 2.91. The van der Waals surface area contributed by atoms with Crippen LogP contribution in [0.4, 0.5) is 0 Å². The Kier molecular flexibility index (Phi) is 6.30. The zero-order valence-electron chi connectivity index (χ0n) is 19.6. The van der Waals surface area contributed by atoms with Gasteiger partial charge in [0.1, 0.15) is 5.60 Å². The minimum Gasteiger partial charge on any atom is -0.451 e. The minimum absolute atomic E-state index is 0.208. The Bertz CT molecular complexity index is 1210. The molecular weight excluding hydrogens is 460 g/mol. The van der Waals surface area contributed by atoms with Crippen molar-refractivity contribution in [3.05, 3.63) is 108 Å². The first-order valence-corrected chi connectivity index (χ1v) is 11.7. The Balaban J connectivity index is 1.37. The number of β-lactam (4-membered cyclic amide) rings is 1. The summed E-state index contributed by atoms with van der Waals surface area (Å²) in [5, 5.41) is 13.7. The molecule has 0 radical (unpaired) electrons. The van der Waals surface area contributed by atoms with E-state index in [1.807, 2.05) is 60.7 Å². The number of carbonyl (C=O) groups excluding carboxylic acids is 3. The van der Waals surface area contributed by atoms with E-state index in [0.29, 0.717) is 5.56 Å². The van der Waals surface area contributed by atoms with Crippen LogP contribution in [0.15, 0.2) is 91.0 Å². The van der Waals surface area contributed by atoms with Crippen LogP contribution in [0.1, 0.15) is 34.5 Å². The summed E-state index contributed by atoms with van der Waals surface area (Å²) >= 11 is 0. The molecule has 0 aliphatic carbocycles. The van der Waals surface area contributed by atoms with Gasteiger partial charge in [-0.3, -0.25) is 14.5 Å². The van der Waals surface area contributed by atoms with Crippen molar-refractivity contribution in [2.75, 3.05) is 6.61 Å². The fourth-order valence-corrected chi connectivity index (χ4v) is 4.65. The van der Waals surface area contributed by atoms with E-state index in [0.717, 1.165) is 16.0 Å². The number of ether oxygens (including phenoxy) is 2. The van der Waals surface area contributed by atoms with Crippen molar-refractivity contribution in [3.63, 3.8) is 0 Å². The second kappa shape index (κ2) is 9.56. The second-order valence-corrected chi connectivity index (χ2v) is 9.16. The quantitative estimate of drug-likeness (QED) is 0.410. The van der Waals surface area contributed by atoms with E-state index in [-0.39, 0.29) is 6.61 Å². The zero-order chi connectivity index (χ0) is 25.3. The predicted octanol–water partition coefficient (Wildman–Crippen LogP) is 2.44. The number of hydrogen-bond donors (Lipinski definition) is 2. The molecule has 3 aromatic carbocycles. The molecule has 5 rings (SSSR count). The Labute approximate surface area is 208 Å². The number of esters is 1. The number of nitrogens with zero attached hydrogens (tertiary/aromatic N) is 1. The third-order valence-corrected chi connectivity index (χ3v) is 6.48. The number of aliphatic hydroxyl groups is 1. The smallest absolute Gasteiger partial charge is 0.333 e. The summed E-state index contributed by atoms with van der Waals surface area (Å²) < 4.78 is 11.6. The van der Waals surface area contributed by atoms with Gasteiger partial charge in [0.05, 0.1) is 6.61 Å². The third kappa shape index (κ3) is 4.36. The summed E-state index contributed by atoms with van der Waals surface area (Å²) in [6.45, 7) is 1.22. The molecule has 2 saturated heterocycles. The lowest BCUT2D eigenvalue weighted by Gasteiger charge is -2.56. The molecule has 36 heavy (non-hydrogen) atoms. The van der Waals surface area contributed by atoms with Crippen LogP contribution < -0.4 is 5.32 Å². The molecular formula is C28H26N2O6. The van der Waals surface area contributed by atoms with Gasteiger partial charge in [-0.05, 0) is 30.2 Å². The van der Waals surface area contributed by atoms with Crippen molar-refractivity contribution < 1.29 is 29.0 Å². The van der Waals surface area contributed by atoms with Crippen molar-refractivity contribution in [2.45, 2.75) is 36.9 Å². The number of benzene rings is 3. The summed E-state index contributed by atoms with van der Waals surface area (Å²) in [5.74, 6) is -1.71. The van der Waals surface area contributed by atoms with E-state index in [4.69, 9.17) is 9.47 Å². The van der Waals surface area contributed by atoms with Gasteiger partial charge in [-0.1, -0.05) is 78.9 Å². The normalized spacial score (nSPS) is 25.0. The molecule has 8 heteroatoms. The molecule has 2 N–H and O–H groups in total. The maximum absolute atomic E-state index is 13.5. The minimum atomic E-state index is -1.68. The van der Waals surface area contributed by atoms with E-state index in [2.05, 4.69) is 5.32 Å². The third-order valence-electron chi connectivity index (χ3n) is 6.48. The van der Waals surface area contributed by atoms with Gasteiger partial charge < -0.3 is 19.9 Å². The standard InChI is InChI=1S/C28H26N2O6/c1-28(34)17-35-26-21(29-24(31)20-15-9-4-10-16-20)25(32)30(26)23(28)27(33)36-22(18-11-5-2-6-12-18)19-13-7-3-8-14-19/h2-16,21-23,26,34H,17H2,1H3,(H,29,31)/t21-,23-,26+,28-/m0/s1. The van der Waals surface area contributed by atoms with Crippen LogP contribution >= 0.6 is 0 Å². The summed E-state index contributed by atoms with van der Waals surface area (Å²) in [6.07, 6.45) is -1.63. The Morgan fingerprint density at radius 2 is 1.50 bits per heavy atom. The van der Waals surface area contributed by atoms with Gasteiger partial charge in [-0.25, -0.2) is 4.79 Å². The van der Waals surface area contributed by atoms with Crippen LogP contribution in [0.2, 0.25) is 0 Å². The fraction of sp³-hybridized carbons (Fsp3) is 0.250. The summed E-state index contributed by atoms with van der Waals surface area (Å²) in [6, 6.07) is 24.7. The van der Waals surface area contributed by atoms with E-state index < -0.39 is 47.8 Å². The maximum Gasteiger partial charge on any atom is 0.333 e. The largest absolute Gasteiger partial charge is 0.451 e. The molecule has 0 bridgehead atoms. The highest BCUT2D eigenvalue weighted by Gasteiger charge is 2.62. The first kappa shape index (κ1) is 23.7. The molecule has 2 aliphatic heterocycles. The SMILES string of the molecule is C[C@]1(O)CO[C@@H]2[C@@H](NC(=O)c3ccccc3)C(=O)N2[C@H]1C(=O)OC(c1ccccc1)c1ccccc1. The van der Waals surface area contributed by atoms with Crippen LogP contribution in [-0.2, 0) is 19.1 Å². The predicted molar refractivity (Wildman–Crippen MR) is 130 cm³/mol. The molecule has 2 heterocycles. The van der Waals surface area contributed by atoms with E-state index in [9.17, 15) is 19.5 Å². The van der Waals surface area contributed by atoms with Crippen LogP contribution in [-0.4, -0.2) is 58.3 Å². The van der Waals surface area contributed by atoms with Crippen molar-refractivity contribution in [3.8, 4) is 0 Å². The molecule has 184 valence electrons. The van der Waals surface area contributed by atoms with E-state index in [1.165, 1.54) is 6.92 Å². The van der Waals surface area contributed by atoms with Gasteiger partial charge in [0.25, 0.3) is 11.8 Å². The van der Waals surface area contributed by atoms with Crippen molar-refractivity contribution in [1.82, 2.24) is 10.2 Å². The highest BCUT2D eigenvalue weighted by atomic mass is 16.6. The van der Waals surface area contributed by atoms with Gasteiger partial charge >= 0.3 is 5.97 Å². The molecule has 2 fully saturated rings. The maximum atomic E-state index is 13.5. The molecule has 0 spiro atoms. The number of amides is 2. The first-order valence-electron chi connectivity index (χ1n) is 11.7. The highest BCUT2D eigenvalue weighted by molar-refractivity contribution is 6.01. The topological polar surface area (TPSA) is 105 Å². The Morgan fingerprint density at radius 1 is 0.972 bits per heavy atom. The summed E-state index contributed by atoms with van der Waals surface area (Å²) in [7, 11) is 0. The lowest BCUT2D eigenvalue weighted by Crippen LogP contribution is -2.81. The summed E-state index contributed by atoms with van der Waals surface area (Å²) in [5.41, 5.74) is 0.220. The molecule has 0 aromatic heterocycles. The number of hydrogen-bond acceptors (Lipinski definition) is 6. The number of fused-ring (bicyclic) bond motifs is 1. The first-order chi connectivity index (χ1) is 17.4. The molecule has 0 unspecified atom stereocenters. The lowest BCUT2D eigenvalue weighted by molar-refractivity contribution is -0.254. The van der Waals surface area contributed by atoms with Crippen LogP contribution in [0, 0.1) is 0 Å². The Hall–Kier alpha value is -4.01. The monoisotopic (exact) mass is 486 g/mol. The number of nitrogens with one attached hydrogen (secondary N) is 1.